The third-order valence-electron chi connectivity index (χ3n) is 5.37. The second-order valence-electron chi connectivity index (χ2n) is 7.76. The Morgan fingerprint density at radius 1 is 1.09 bits per heavy atom. The molecule has 1 aliphatic heterocycles. The Bertz CT molecular complexity index is 977. The number of hydrogen-bond donors (Lipinski definition) is 6. The number of hydrogen-bond acceptors (Lipinski definition) is 9. The SMILES string of the molecule is COc1cc(/C=C/C(=O)NCCc2ccc(O[C@@H]3O[C@H](CO)[C@@H](O)[C@H](O)[C@H]3O)cc2)ccc1O. The van der Waals surface area contributed by atoms with E-state index in [2.05, 4.69) is 5.32 Å². The first-order valence-electron chi connectivity index (χ1n) is 10.7. The van der Waals surface area contributed by atoms with Crippen LogP contribution < -0.4 is 14.8 Å². The van der Waals surface area contributed by atoms with Crippen molar-refractivity contribution >= 4 is 12.0 Å². The topological polar surface area (TPSA) is 158 Å². The van der Waals surface area contributed by atoms with Gasteiger partial charge in [0.05, 0.1) is 13.7 Å². The van der Waals surface area contributed by atoms with Crippen molar-refractivity contribution in [3.8, 4) is 17.2 Å². The molecule has 1 amide bonds. The van der Waals surface area contributed by atoms with E-state index < -0.39 is 37.3 Å². The molecule has 0 radical (unpaired) electrons. The molecule has 1 saturated heterocycles. The number of carbonyl (C=O) groups excluding carboxylic acids is 1. The summed E-state index contributed by atoms with van der Waals surface area (Å²) in [6, 6.07) is 11.6. The van der Waals surface area contributed by atoms with E-state index in [-0.39, 0.29) is 11.7 Å². The summed E-state index contributed by atoms with van der Waals surface area (Å²) in [6.07, 6.45) is -3.17. The molecule has 6 N–H and O–H groups in total. The van der Waals surface area contributed by atoms with Gasteiger partial charge >= 0.3 is 0 Å². The van der Waals surface area contributed by atoms with E-state index in [9.17, 15) is 30.3 Å². The Kier molecular flexibility index (Phi) is 8.85. The van der Waals surface area contributed by atoms with Gasteiger partial charge in [-0.05, 0) is 47.9 Å². The summed E-state index contributed by atoms with van der Waals surface area (Å²) < 4.78 is 15.9. The highest BCUT2D eigenvalue weighted by Crippen LogP contribution is 2.27. The molecule has 0 saturated carbocycles. The summed E-state index contributed by atoms with van der Waals surface area (Å²) in [7, 11) is 1.45. The fraction of sp³-hybridized carbons (Fsp3) is 0.375. The van der Waals surface area contributed by atoms with Crippen LogP contribution in [-0.4, -0.2) is 82.4 Å². The molecule has 184 valence electrons. The number of methoxy groups -OCH3 is 1. The van der Waals surface area contributed by atoms with Crippen LogP contribution >= 0.6 is 0 Å². The number of rotatable bonds is 9. The lowest BCUT2D eigenvalue weighted by Crippen LogP contribution is -2.60. The molecule has 0 unspecified atom stereocenters. The molecule has 0 aromatic heterocycles. The number of phenols is 1. The number of aromatic hydroxyl groups is 1. The van der Waals surface area contributed by atoms with Gasteiger partial charge in [-0.2, -0.15) is 0 Å². The van der Waals surface area contributed by atoms with Crippen molar-refractivity contribution < 1.29 is 44.5 Å². The summed E-state index contributed by atoms with van der Waals surface area (Å²) in [6.45, 7) is -0.136. The van der Waals surface area contributed by atoms with Crippen LogP contribution in [0.3, 0.4) is 0 Å². The molecular weight excluding hydrogens is 446 g/mol. The van der Waals surface area contributed by atoms with Gasteiger partial charge in [-0.3, -0.25) is 4.79 Å². The molecule has 1 heterocycles. The average Bonchev–Trinajstić information content (AvgIpc) is 2.84. The molecule has 3 rings (SSSR count). The van der Waals surface area contributed by atoms with Gasteiger partial charge in [0, 0.05) is 12.6 Å². The van der Waals surface area contributed by atoms with E-state index in [4.69, 9.17) is 14.2 Å². The summed E-state index contributed by atoms with van der Waals surface area (Å²) >= 11 is 0. The van der Waals surface area contributed by atoms with Gasteiger partial charge in [0.15, 0.2) is 11.5 Å². The Balaban J connectivity index is 1.46. The molecule has 0 aliphatic carbocycles. The van der Waals surface area contributed by atoms with Gasteiger partial charge < -0.3 is 45.1 Å². The zero-order chi connectivity index (χ0) is 24.7. The molecule has 2 aromatic carbocycles. The Morgan fingerprint density at radius 2 is 1.82 bits per heavy atom. The van der Waals surface area contributed by atoms with Crippen LogP contribution in [-0.2, 0) is 16.0 Å². The molecule has 5 atom stereocenters. The van der Waals surface area contributed by atoms with Gasteiger partial charge in [0.25, 0.3) is 0 Å². The van der Waals surface area contributed by atoms with Crippen molar-refractivity contribution in [3.05, 3.63) is 59.7 Å². The minimum atomic E-state index is -1.51. The number of carbonyl (C=O) groups is 1. The standard InChI is InChI=1S/C24H29NO9/c1-32-18-12-15(4-8-17(18)27)5-9-20(28)25-11-10-14-2-6-16(7-3-14)33-24-23(31)22(30)21(29)19(13-26)34-24/h2-9,12,19,21-24,26-27,29-31H,10-11,13H2,1H3,(H,25,28)/b9-5+/t19-,21-,22+,23-,24-/m1/s1. The Hall–Kier alpha value is -3.15. The van der Waals surface area contributed by atoms with E-state index in [1.54, 1.807) is 42.5 Å². The number of aliphatic hydroxyl groups is 4. The lowest BCUT2D eigenvalue weighted by atomic mass is 9.99. The Morgan fingerprint density at radius 3 is 2.50 bits per heavy atom. The monoisotopic (exact) mass is 475 g/mol. The third-order valence-corrected chi connectivity index (χ3v) is 5.37. The van der Waals surface area contributed by atoms with Crippen LogP contribution in [0.4, 0.5) is 0 Å². The zero-order valence-electron chi connectivity index (χ0n) is 18.6. The lowest BCUT2D eigenvalue weighted by molar-refractivity contribution is -0.277. The van der Waals surface area contributed by atoms with Crippen LogP contribution in [0.5, 0.6) is 17.2 Å². The predicted molar refractivity (Wildman–Crippen MR) is 121 cm³/mol. The first-order chi connectivity index (χ1) is 16.3. The number of aliphatic hydroxyl groups excluding tert-OH is 4. The smallest absolute Gasteiger partial charge is 0.244 e. The van der Waals surface area contributed by atoms with E-state index in [1.807, 2.05) is 0 Å². The van der Waals surface area contributed by atoms with Gasteiger partial charge in [0.1, 0.15) is 30.2 Å². The third kappa shape index (κ3) is 6.46. The molecule has 1 aliphatic rings. The molecular formula is C24H29NO9. The lowest BCUT2D eigenvalue weighted by Gasteiger charge is -2.39. The predicted octanol–water partition coefficient (Wildman–Crippen LogP) is -0.0484. The maximum atomic E-state index is 12.0. The minimum absolute atomic E-state index is 0.0220. The van der Waals surface area contributed by atoms with Crippen molar-refractivity contribution in [1.29, 1.82) is 0 Å². The second kappa shape index (κ2) is 11.8. The fourth-order valence-corrected chi connectivity index (χ4v) is 3.39. The first-order valence-corrected chi connectivity index (χ1v) is 10.7. The summed E-state index contributed by atoms with van der Waals surface area (Å²) in [5.41, 5.74) is 1.63. The normalized spacial score (nSPS) is 24.7. The molecule has 10 heteroatoms. The van der Waals surface area contributed by atoms with E-state index >= 15 is 0 Å². The van der Waals surface area contributed by atoms with Gasteiger partial charge in [-0.15, -0.1) is 0 Å². The zero-order valence-corrected chi connectivity index (χ0v) is 18.6. The summed E-state index contributed by atoms with van der Waals surface area (Å²) in [5.74, 6) is 0.439. The average molecular weight is 475 g/mol. The first kappa shape index (κ1) is 25.5. The van der Waals surface area contributed by atoms with E-state index in [0.717, 1.165) is 5.56 Å². The molecule has 0 bridgehead atoms. The van der Waals surface area contributed by atoms with Gasteiger partial charge in [-0.1, -0.05) is 18.2 Å². The maximum absolute atomic E-state index is 12.0. The quantitative estimate of drug-likeness (QED) is 0.274. The highest BCUT2D eigenvalue weighted by Gasteiger charge is 2.44. The molecule has 10 nitrogen and oxygen atoms in total. The summed E-state index contributed by atoms with van der Waals surface area (Å²) in [4.78, 5) is 12.0. The van der Waals surface area contributed by atoms with Crippen LogP contribution in [0.2, 0.25) is 0 Å². The fourth-order valence-electron chi connectivity index (χ4n) is 3.39. The van der Waals surface area contributed by atoms with Crippen LogP contribution in [0, 0.1) is 0 Å². The van der Waals surface area contributed by atoms with Crippen molar-refractivity contribution in [1.82, 2.24) is 5.32 Å². The van der Waals surface area contributed by atoms with Crippen molar-refractivity contribution in [2.75, 3.05) is 20.3 Å². The van der Waals surface area contributed by atoms with Crippen LogP contribution in [0.1, 0.15) is 11.1 Å². The summed E-state index contributed by atoms with van der Waals surface area (Å²) in [5, 5.41) is 51.4. The van der Waals surface area contributed by atoms with Crippen molar-refractivity contribution in [2.24, 2.45) is 0 Å². The number of ether oxygens (including phenoxy) is 3. The van der Waals surface area contributed by atoms with Crippen LogP contribution in [0.25, 0.3) is 6.08 Å². The molecule has 34 heavy (non-hydrogen) atoms. The van der Waals surface area contributed by atoms with Gasteiger partial charge in [0.2, 0.25) is 12.2 Å². The maximum Gasteiger partial charge on any atom is 0.244 e. The van der Waals surface area contributed by atoms with Crippen LogP contribution in [0.15, 0.2) is 48.5 Å². The minimum Gasteiger partial charge on any atom is -0.504 e. The molecule has 0 spiro atoms. The molecule has 1 fully saturated rings. The number of phenolic OH excluding ortho intramolecular Hbond substituents is 1. The van der Waals surface area contributed by atoms with Crippen molar-refractivity contribution in [2.45, 2.75) is 37.1 Å². The van der Waals surface area contributed by atoms with E-state index in [1.165, 1.54) is 19.3 Å². The number of benzene rings is 2. The van der Waals surface area contributed by atoms with E-state index in [0.29, 0.717) is 30.0 Å². The number of amides is 1. The largest absolute Gasteiger partial charge is 0.504 e. The number of nitrogens with one attached hydrogen (secondary N) is 1. The van der Waals surface area contributed by atoms with Crippen molar-refractivity contribution in [3.63, 3.8) is 0 Å². The van der Waals surface area contributed by atoms with Gasteiger partial charge in [-0.25, -0.2) is 0 Å². The highest BCUT2D eigenvalue weighted by molar-refractivity contribution is 5.91. The Labute approximate surface area is 196 Å². The second-order valence-corrected chi connectivity index (χ2v) is 7.76. The highest BCUT2D eigenvalue weighted by atomic mass is 16.7. The molecule has 2 aromatic rings.